The predicted octanol–water partition coefficient (Wildman–Crippen LogP) is 1.98. The second kappa shape index (κ2) is 7.05. The molecule has 8 heteroatoms. The molecular formula is C18H22N4O4. The Morgan fingerprint density at radius 1 is 1.35 bits per heavy atom. The molecule has 138 valence electrons. The third-order valence-corrected chi connectivity index (χ3v) is 4.40. The minimum atomic E-state index is -0.386. The number of hydrogen-bond acceptors (Lipinski definition) is 7. The maximum Gasteiger partial charge on any atom is 0.201 e. The number of fused-ring (bicyclic) bond motifs is 1. The van der Waals surface area contributed by atoms with Crippen molar-refractivity contribution < 1.29 is 19.0 Å². The van der Waals surface area contributed by atoms with Crippen LogP contribution in [0.25, 0.3) is 0 Å². The van der Waals surface area contributed by atoms with Crippen molar-refractivity contribution in [3.63, 3.8) is 0 Å². The molecule has 4 rings (SSSR count). The molecule has 8 nitrogen and oxygen atoms in total. The minimum absolute atomic E-state index is 0.177. The molecule has 1 aromatic heterocycles. The second-order valence-corrected chi connectivity index (χ2v) is 6.91. The van der Waals surface area contributed by atoms with Gasteiger partial charge >= 0.3 is 0 Å². The molecule has 0 N–H and O–H groups in total. The standard InChI is InChI=1S/C18H22N4O4/c1-18(2)6-5-13-3-4-14(9-15(13)26-18)17(22-12-19-11-20-22)21-25-10-16-23-7-8-24-16/h3-4,9,11-12,16H,5-8,10H2,1-2H3/b21-17-. The van der Waals surface area contributed by atoms with Gasteiger partial charge in [-0.05, 0) is 38.3 Å². The minimum Gasteiger partial charge on any atom is -0.488 e. The molecule has 1 saturated heterocycles. The first-order valence-corrected chi connectivity index (χ1v) is 8.71. The molecule has 0 bridgehead atoms. The summed E-state index contributed by atoms with van der Waals surface area (Å²) in [6, 6.07) is 6.03. The summed E-state index contributed by atoms with van der Waals surface area (Å²) in [6.45, 7) is 5.56. The maximum absolute atomic E-state index is 6.13. The van der Waals surface area contributed by atoms with Crippen molar-refractivity contribution in [2.24, 2.45) is 5.16 Å². The van der Waals surface area contributed by atoms with Gasteiger partial charge in [-0.25, -0.2) is 4.98 Å². The van der Waals surface area contributed by atoms with Gasteiger partial charge in [0.15, 0.2) is 12.9 Å². The second-order valence-electron chi connectivity index (χ2n) is 6.91. The van der Waals surface area contributed by atoms with Crippen LogP contribution in [-0.4, -0.2) is 52.3 Å². The Morgan fingerprint density at radius 2 is 2.19 bits per heavy atom. The van der Waals surface area contributed by atoms with Crippen LogP contribution in [0.5, 0.6) is 5.75 Å². The van der Waals surface area contributed by atoms with E-state index in [9.17, 15) is 0 Å². The van der Waals surface area contributed by atoms with Gasteiger partial charge in [-0.15, -0.1) is 0 Å². The highest BCUT2D eigenvalue weighted by Gasteiger charge is 2.27. The first kappa shape index (κ1) is 17.0. The summed E-state index contributed by atoms with van der Waals surface area (Å²) in [5, 5.41) is 8.42. The van der Waals surface area contributed by atoms with Gasteiger partial charge in [-0.1, -0.05) is 17.3 Å². The zero-order valence-electron chi connectivity index (χ0n) is 14.9. The van der Waals surface area contributed by atoms with E-state index in [0.717, 1.165) is 24.2 Å². The van der Waals surface area contributed by atoms with E-state index in [2.05, 4.69) is 35.2 Å². The van der Waals surface area contributed by atoms with Crippen molar-refractivity contribution in [2.45, 2.75) is 38.6 Å². The van der Waals surface area contributed by atoms with Crippen molar-refractivity contribution >= 4 is 5.84 Å². The molecule has 1 fully saturated rings. The fourth-order valence-electron chi connectivity index (χ4n) is 2.99. The van der Waals surface area contributed by atoms with Gasteiger partial charge in [0.05, 0.1) is 13.2 Å². The molecule has 0 aliphatic carbocycles. The molecule has 0 atom stereocenters. The summed E-state index contributed by atoms with van der Waals surface area (Å²) in [5.74, 6) is 1.39. The summed E-state index contributed by atoms with van der Waals surface area (Å²) < 4.78 is 18.4. The van der Waals surface area contributed by atoms with Gasteiger partial charge < -0.3 is 19.0 Å². The van der Waals surface area contributed by atoms with E-state index >= 15 is 0 Å². The van der Waals surface area contributed by atoms with Gasteiger partial charge in [0, 0.05) is 5.56 Å². The van der Waals surface area contributed by atoms with Gasteiger partial charge in [-0.3, -0.25) is 0 Å². The number of aromatic nitrogens is 3. The third kappa shape index (κ3) is 3.71. The van der Waals surface area contributed by atoms with E-state index in [0.29, 0.717) is 19.0 Å². The largest absolute Gasteiger partial charge is 0.488 e. The van der Waals surface area contributed by atoms with Crippen molar-refractivity contribution in [1.29, 1.82) is 0 Å². The Balaban J connectivity index is 1.59. The fourth-order valence-corrected chi connectivity index (χ4v) is 2.99. The smallest absolute Gasteiger partial charge is 0.201 e. The number of hydrogen-bond donors (Lipinski definition) is 0. The molecule has 1 aromatic carbocycles. The van der Waals surface area contributed by atoms with E-state index in [1.807, 2.05) is 12.1 Å². The van der Waals surface area contributed by atoms with Gasteiger partial charge in [0.1, 0.15) is 24.0 Å². The summed E-state index contributed by atoms with van der Waals surface area (Å²) in [4.78, 5) is 9.45. The normalized spacial score (nSPS) is 19.8. The monoisotopic (exact) mass is 358 g/mol. The molecule has 2 aliphatic rings. The average molecular weight is 358 g/mol. The highest BCUT2D eigenvalue weighted by molar-refractivity contribution is 5.99. The SMILES string of the molecule is CC1(C)CCc2ccc(/C(=N/OCC3OCCO3)n3cncn3)cc2O1. The predicted molar refractivity (Wildman–Crippen MR) is 93.1 cm³/mol. The Bertz CT molecular complexity index is 782. The van der Waals surface area contributed by atoms with Crippen molar-refractivity contribution in [3.8, 4) is 5.75 Å². The number of nitrogens with zero attached hydrogens (tertiary/aromatic N) is 4. The van der Waals surface area contributed by atoms with E-state index in [1.165, 1.54) is 11.9 Å². The molecule has 3 heterocycles. The third-order valence-electron chi connectivity index (χ3n) is 4.40. The number of oxime groups is 1. The summed E-state index contributed by atoms with van der Waals surface area (Å²) in [6.07, 6.45) is 4.63. The van der Waals surface area contributed by atoms with Crippen molar-refractivity contribution in [1.82, 2.24) is 14.8 Å². The average Bonchev–Trinajstić information content (AvgIpc) is 3.31. The molecule has 2 aromatic rings. The Labute approximate surface area is 151 Å². The lowest BCUT2D eigenvalue weighted by Gasteiger charge is -2.32. The van der Waals surface area contributed by atoms with Crippen LogP contribution in [0, 0.1) is 0 Å². The molecule has 0 unspecified atom stereocenters. The Kier molecular flexibility index (Phi) is 4.60. The van der Waals surface area contributed by atoms with Crippen LogP contribution in [-0.2, 0) is 20.7 Å². The van der Waals surface area contributed by atoms with Gasteiger partial charge in [0.2, 0.25) is 5.84 Å². The summed E-state index contributed by atoms with van der Waals surface area (Å²) in [7, 11) is 0. The zero-order valence-corrected chi connectivity index (χ0v) is 14.9. The Hall–Kier alpha value is -2.45. The fraction of sp³-hybridized carbons (Fsp3) is 0.500. The zero-order chi connectivity index (χ0) is 18.0. The number of benzene rings is 1. The number of aryl methyl sites for hydroxylation is 1. The quantitative estimate of drug-likeness (QED) is 0.472. The number of rotatable bonds is 4. The molecule has 0 spiro atoms. The highest BCUT2D eigenvalue weighted by atomic mass is 16.7. The summed E-state index contributed by atoms with van der Waals surface area (Å²) >= 11 is 0. The molecule has 0 radical (unpaired) electrons. The van der Waals surface area contributed by atoms with E-state index in [4.69, 9.17) is 19.0 Å². The molecule has 0 saturated carbocycles. The molecule has 0 amide bonds. The van der Waals surface area contributed by atoms with Crippen LogP contribution >= 0.6 is 0 Å². The van der Waals surface area contributed by atoms with E-state index < -0.39 is 0 Å². The lowest BCUT2D eigenvalue weighted by molar-refractivity contribution is -0.0936. The van der Waals surface area contributed by atoms with Crippen molar-refractivity contribution in [2.75, 3.05) is 19.8 Å². The maximum atomic E-state index is 6.13. The van der Waals surface area contributed by atoms with E-state index in [-0.39, 0.29) is 18.5 Å². The topological polar surface area (TPSA) is 80.0 Å². The van der Waals surface area contributed by atoms with Crippen LogP contribution in [0.4, 0.5) is 0 Å². The summed E-state index contributed by atoms with van der Waals surface area (Å²) in [5.41, 5.74) is 1.85. The number of ether oxygens (including phenoxy) is 3. The lowest BCUT2D eigenvalue weighted by Crippen LogP contribution is -2.32. The Morgan fingerprint density at radius 3 is 2.96 bits per heavy atom. The van der Waals surface area contributed by atoms with Gasteiger partial charge in [0.25, 0.3) is 0 Å². The molecule has 26 heavy (non-hydrogen) atoms. The lowest BCUT2D eigenvalue weighted by atomic mass is 9.93. The van der Waals surface area contributed by atoms with Crippen LogP contribution in [0.15, 0.2) is 36.0 Å². The first-order valence-electron chi connectivity index (χ1n) is 8.71. The van der Waals surface area contributed by atoms with Crippen LogP contribution in [0.1, 0.15) is 31.4 Å². The van der Waals surface area contributed by atoms with E-state index in [1.54, 1.807) is 11.0 Å². The van der Waals surface area contributed by atoms with Crippen LogP contribution in [0.3, 0.4) is 0 Å². The van der Waals surface area contributed by atoms with Crippen LogP contribution < -0.4 is 4.74 Å². The van der Waals surface area contributed by atoms with Gasteiger partial charge in [-0.2, -0.15) is 9.78 Å². The van der Waals surface area contributed by atoms with Crippen LogP contribution in [0.2, 0.25) is 0 Å². The van der Waals surface area contributed by atoms with Crippen molar-refractivity contribution in [3.05, 3.63) is 42.0 Å². The first-order chi connectivity index (χ1) is 12.6. The highest BCUT2D eigenvalue weighted by Crippen LogP contribution is 2.33. The molecular weight excluding hydrogens is 336 g/mol. The molecule has 2 aliphatic heterocycles.